The van der Waals surface area contributed by atoms with E-state index in [-0.39, 0.29) is 6.61 Å². The Labute approximate surface area is 211 Å². The topological polar surface area (TPSA) is 133 Å². The summed E-state index contributed by atoms with van der Waals surface area (Å²) >= 11 is 1.51. The summed E-state index contributed by atoms with van der Waals surface area (Å²) in [5.74, 6) is 1.59. The van der Waals surface area contributed by atoms with E-state index in [0.29, 0.717) is 29.3 Å². The molecule has 5 heterocycles. The van der Waals surface area contributed by atoms with Crippen molar-refractivity contribution in [2.24, 2.45) is 5.73 Å². The maximum atomic E-state index is 11.5. The van der Waals surface area contributed by atoms with Crippen molar-refractivity contribution >= 4 is 45.0 Å². The number of nitrogens with zero attached hydrogens (tertiary/aromatic N) is 6. The van der Waals surface area contributed by atoms with E-state index < -0.39 is 5.91 Å². The number of rotatable bonds is 7. The summed E-state index contributed by atoms with van der Waals surface area (Å²) in [6, 6.07) is 11.8. The molecule has 2 bridgehead atoms. The number of fused-ring (bicyclic) bond motifs is 3. The highest BCUT2D eigenvalue weighted by atomic mass is 32.1. The second-order valence-corrected chi connectivity index (χ2v) is 10.3. The molecule has 6 rings (SSSR count). The van der Waals surface area contributed by atoms with Crippen LogP contribution < -0.4 is 16.0 Å². The van der Waals surface area contributed by atoms with E-state index in [0.717, 1.165) is 58.5 Å². The number of hydrogen-bond donors (Lipinski definition) is 3. The van der Waals surface area contributed by atoms with Crippen LogP contribution >= 0.6 is 11.3 Å². The lowest BCUT2D eigenvalue weighted by molar-refractivity contribution is 0.100. The van der Waals surface area contributed by atoms with Crippen LogP contribution in [0.2, 0.25) is 0 Å². The summed E-state index contributed by atoms with van der Waals surface area (Å²) in [5.41, 5.74) is 8.41. The lowest BCUT2D eigenvalue weighted by Crippen LogP contribution is -2.47. The molecule has 0 aliphatic carbocycles. The molecule has 2 aliphatic rings. The number of aliphatic hydroxyl groups is 1. The molecule has 184 valence electrons. The van der Waals surface area contributed by atoms with Crippen LogP contribution in [0.1, 0.15) is 22.5 Å². The first-order chi connectivity index (χ1) is 17.5. The van der Waals surface area contributed by atoms with Crippen LogP contribution in [0.5, 0.6) is 0 Å². The lowest BCUT2D eigenvalue weighted by atomic mass is 10.1. The van der Waals surface area contributed by atoms with E-state index in [1.165, 1.54) is 11.3 Å². The van der Waals surface area contributed by atoms with Crippen LogP contribution in [-0.4, -0.2) is 74.2 Å². The van der Waals surface area contributed by atoms with Gasteiger partial charge in [-0.1, -0.05) is 12.1 Å². The van der Waals surface area contributed by atoms with Crippen molar-refractivity contribution < 1.29 is 9.90 Å². The zero-order valence-corrected chi connectivity index (χ0v) is 20.6. The van der Waals surface area contributed by atoms with E-state index in [2.05, 4.69) is 20.1 Å². The van der Waals surface area contributed by atoms with Crippen LogP contribution in [0.25, 0.3) is 20.8 Å². The second-order valence-electron chi connectivity index (χ2n) is 9.24. The molecule has 4 N–H and O–H groups in total. The van der Waals surface area contributed by atoms with E-state index in [1.54, 1.807) is 24.4 Å². The number of carbonyl (C=O) groups is 1. The number of amides is 1. The molecule has 4 aromatic rings. The molecule has 0 unspecified atom stereocenters. The standard InChI is InChI=1S/C25H26N8O2S/c1-14-7-22(31-25(28-14)33-13-17-9-18(33)12-32(17)5-6-34)30-21-10-19-20(11-27-21)36-24(29-19)16-4-2-3-15(8-16)23(26)35/h2-4,7-8,10-11,17-18,34H,5-6,9,12-13H2,1H3,(H2,26,35)(H,27,28,30,31)/t17-,18-/m0/s1. The van der Waals surface area contributed by atoms with Gasteiger partial charge in [0.2, 0.25) is 11.9 Å². The van der Waals surface area contributed by atoms with Gasteiger partial charge in [-0.2, -0.15) is 4.98 Å². The fourth-order valence-electron chi connectivity index (χ4n) is 5.11. The third kappa shape index (κ3) is 4.25. The Hall–Kier alpha value is -3.67. The number of piperazine rings is 1. The smallest absolute Gasteiger partial charge is 0.248 e. The summed E-state index contributed by atoms with van der Waals surface area (Å²) in [6.07, 6.45) is 2.87. The highest BCUT2D eigenvalue weighted by molar-refractivity contribution is 7.21. The average Bonchev–Trinajstić information content (AvgIpc) is 3.58. The van der Waals surface area contributed by atoms with Gasteiger partial charge in [0.1, 0.15) is 16.6 Å². The average molecular weight is 503 g/mol. The number of likely N-dealkylation sites (tertiary alicyclic amines) is 1. The van der Waals surface area contributed by atoms with Gasteiger partial charge in [-0.05, 0) is 25.5 Å². The predicted octanol–water partition coefficient (Wildman–Crippen LogP) is 2.55. The van der Waals surface area contributed by atoms with Gasteiger partial charge in [0, 0.05) is 66.9 Å². The maximum Gasteiger partial charge on any atom is 0.248 e. The molecule has 11 heteroatoms. The third-order valence-corrected chi connectivity index (χ3v) is 7.82. The van der Waals surface area contributed by atoms with Crippen molar-refractivity contribution in [2.75, 3.05) is 36.5 Å². The molecule has 2 atom stereocenters. The Kier molecular flexibility index (Phi) is 5.75. The van der Waals surface area contributed by atoms with Gasteiger partial charge in [0.05, 0.1) is 16.8 Å². The van der Waals surface area contributed by atoms with Crippen molar-refractivity contribution in [3.8, 4) is 10.6 Å². The largest absolute Gasteiger partial charge is 0.395 e. The molecule has 0 spiro atoms. The maximum absolute atomic E-state index is 11.5. The first kappa shape index (κ1) is 22.8. The van der Waals surface area contributed by atoms with E-state index in [9.17, 15) is 9.90 Å². The fourth-order valence-corrected chi connectivity index (χ4v) is 6.02. The zero-order chi connectivity index (χ0) is 24.8. The number of nitrogens with two attached hydrogens (primary N) is 1. The first-order valence-electron chi connectivity index (χ1n) is 11.9. The van der Waals surface area contributed by atoms with Crippen LogP contribution in [0, 0.1) is 6.92 Å². The van der Waals surface area contributed by atoms with Gasteiger partial charge < -0.3 is 21.1 Å². The molecule has 36 heavy (non-hydrogen) atoms. The number of aliphatic hydroxyl groups excluding tert-OH is 1. The summed E-state index contributed by atoms with van der Waals surface area (Å²) in [7, 11) is 0. The highest BCUT2D eigenvalue weighted by Gasteiger charge is 2.43. The number of aryl methyl sites for hydroxylation is 1. The monoisotopic (exact) mass is 502 g/mol. The van der Waals surface area contributed by atoms with Gasteiger partial charge in [0.15, 0.2) is 0 Å². The minimum atomic E-state index is -0.463. The first-order valence-corrected chi connectivity index (χ1v) is 12.7. The minimum absolute atomic E-state index is 0.190. The van der Waals surface area contributed by atoms with Gasteiger partial charge in [-0.25, -0.2) is 15.0 Å². The Balaban J connectivity index is 1.23. The molecular formula is C25H26N8O2S. The van der Waals surface area contributed by atoms with Crippen LogP contribution in [0.3, 0.4) is 0 Å². The van der Waals surface area contributed by atoms with Crippen molar-refractivity contribution in [3.63, 3.8) is 0 Å². The number of pyridine rings is 1. The fraction of sp³-hybridized carbons (Fsp3) is 0.320. The van der Waals surface area contributed by atoms with Crippen LogP contribution in [0.15, 0.2) is 42.6 Å². The third-order valence-electron chi connectivity index (χ3n) is 6.77. The number of anilines is 3. The molecule has 0 saturated carbocycles. The number of primary amides is 1. The molecular weight excluding hydrogens is 476 g/mol. The molecule has 10 nitrogen and oxygen atoms in total. The van der Waals surface area contributed by atoms with Gasteiger partial charge in [-0.15, -0.1) is 11.3 Å². The molecule has 0 radical (unpaired) electrons. The Bertz CT molecular complexity index is 1460. The molecule has 2 aliphatic heterocycles. The molecule has 2 fully saturated rings. The SMILES string of the molecule is Cc1cc(Nc2cc3nc(-c4cccc(C(N)=O)c4)sc3cn2)nc(N2C[C@@H]3C[C@H]2CN3CCO)n1. The van der Waals surface area contributed by atoms with Crippen molar-refractivity contribution in [3.05, 3.63) is 53.9 Å². The summed E-state index contributed by atoms with van der Waals surface area (Å²) in [6.45, 7) is 4.68. The number of carbonyl (C=O) groups excluding carboxylic acids is 1. The number of benzene rings is 1. The quantitative estimate of drug-likeness (QED) is 0.349. The summed E-state index contributed by atoms with van der Waals surface area (Å²) in [4.78, 5) is 35.0. The Morgan fingerprint density at radius 2 is 2.06 bits per heavy atom. The van der Waals surface area contributed by atoms with Crippen molar-refractivity contribution in [2.45, 2.75) is 25.4 Å². The Morgan fingerprint density at radius 1 is 1.17 bits per heavy atom. The molecule has 1 amide bonds. The van der Waals surface area contributed by atoms with E-state index in [1.807, 2.05) is 25.1 Å². The van der Waals surface area contributed by atoms with Crippen LogP contribution in [-0.2, 0) is 0 Å². The van der Waals surface area contributed by atoms with Crippen molar-refractivity contribution in [1.82, 2.24) is 24.8 Å². The van der Waals surface area contributed by atoms with Gasteiger partial charge >= 0.3 is 0 Å². The number of β-amino-alcohol motifs (C(OH)–C–C–N with tert-alkyl or cyclic N) is 1. The predicted molar refractivity (Wildman–Crippen MR) is 140 cm³/mol. The highest BCUT2D eigenvalue weighted by Crippen LogP contribution is 2.34. The van der Waals surface area contributed by atoms with Gasteiger partial charge in [-0.3, -0.25) is 9.69 Å². The van der Waals surface area contributed by atoms with Gasteiger partial charge in [0.25, 0.3) is 0 Å². The number of aromatic nitrogens is 4. The van der Waals surface area contributed by atoms with E-state index >= 15 is 0 Å². The second kappa shape index (κ2) is 9.08. The lowest BCUT2D eigenvalue weighted by Gasteiger charge is -2.34. The zero-order valence-electron chi connectivity index (χ0n) is 19.8. The molecule has 1 aromatic carbocycles. The molecule has 3 aromatic heterocycles. The normalized spacial score (nSPS) is 19.3. The number of nitrogens with one attached hydrogen (secondary N) is 1. The number of hydrogen-bond acceptors (Lipinski definition) is 10. The Morgan fingerprint density at radius 3 is 2.83 bits per heavy atom. The molecule has 2 saturated heterocycles. The minimum Gasteiger partial charge on any atom is -0.395 e. The summed E-state index contributed by atoms with van der Waals surface area (Å²) < 4.78 is 0.945. The van der Waals surface area contributed by atoms with Crippen molar-refractivity contribution in [1.29, 1.82) is 0 Å². The van der Waals surface area contributed by atoms with Crippen LogP contribution in [0.4, 0.5) is 17.6 Å². The number of thiazole rings is 1. The summed E-state index contributed by atoms with van der Waals surface area (Å²) in [5, 5.41) is 13.4. The van der Waals surface area contributed by atoms with E-state index in [4.69, 9.17) is 20.7 Å².